The van der Waals surface area contributed by atoms with Crippen molar-refractivity contribution in [1.82, 2.24) is 9.97 Å². The Morgan fingerprint density at radius 1 is 1.03 bits per heavy atom. The molecular formula is C22H23N3O3S. The van der Waals surface area contributed by atoms with E-state index in [1.165, 1.54) is 0 Å². The van der Waals surface area contributed by atoms with E-state index in [4.69, 9.17) is 9.47 Å². The first-order chi connectivity index (χ1) is 14.2. The zero-order valence-electron chi connectivity index (χ0n) is 16.4. The molecule has 0 bridgehead atoms. The van der Waals surface area contributed by atoms with Crippen LogP contribution in [0.1, 0.15) is 29.8 Å². The number of carbonyl (C=O) groups excluding carboxylic acids is 1. The summed E-state index contributed by atoms with van der Waals surface area (Å²) in [4.78, 5) is 21.0. The van der Waals surface area contributed by atoms with Gasteiger partial charge in [-0.05, 0) is 43.7 Å². The maximum atomic E-state index is 12.7. The highest BCUT2D eigenvalue weighted by Gasteiger charge is 2.11. The Morgan fingerprint density at radius 3 is 2.62 bits per heavy atom. The summed E-state index contributed by atoms with van der Waals surface area (Å²) in [7, 11) is 0. The van der Waals surface area contributed by atoms with Crippen LogP contribution in [0.5, 0.6) is 11.5 Å². The third kappa shape index (κ3) is 5.96. The Morgan fingerprint density at radius 2 is 1.86 bits per heavy atom. The zero-order chi connectivity index (χ0) is 20.5. The van der Waals surface area contributed by atoms with Crippen LogP contribution in [0.2, 0.25) is 0 Å². The molecule has 0 aliphatic rings. The van der Waals surface area contributed by atoms with Gasteiger partial charge < -0.3 is 14.8 Å². The van der Waals surface area contributed by atoms with E-state index < -0.39 is 0 Å². The summed E-state index contributed by atoms with van der Waals surface area (Å²) < 4.78 is 11.2. The fourth-order valence-electron chi connectivity index (χ4n) is 2.65. The zero-order valence-corrected chi connectivity index (χ0v) is 17.2. The smallest absolute Gasteiger partial charge is 0.255 e. The van der Waals surface area contributed by atoms with Crippen molar-refractivity contribution in [2.75, 3.05) is 18.5 Å². The lowest BCUT2D eigenvalue weighted by Gasteiger charge is -2.13. The predicted octanol–water partition coefficient (Wildman–Crippen LogP) is 4.82. The van der Waals surface area contributed by atoms with Crippen LogP contribution < -0.4 is 14.8 Å². The van der Waals surface area contributed by atoms with Crippen LogP contribution >= 0.6 is 11.8 Å². The standard InChI is InChI=1S/C22H23N3O3S/c1-3-27-19-9-8-18(13-20(19)28-4-2)25-22(26)17-7-5-6-16(12-17)15-29-21-14-23-10-11-24-21/h5-14H,3-4,15H2,1-2H3,(H,25,26). The van der Waals surface area contributed by atoms with Crippen LogP contribution in [0.15, 0.2) is 66.1 Å². The molecule has 0 aliphatic carbocycles. The van der Waals surface area contributed by atoms with E-state index in [1.54, 1.807) is 54.6 Å². The van der Waals surface area contributed by atoms with Gasteiger partial charge in [-0.3, -0.25) is 9.78 Å². The number of rotatable bonds is 9. The molecule has 0 unspecified atom stereocenters. The summed E-state index contributed by atoms with van der Waals surface area (Å²) in [5, 5.41) is 3.77. The first-order valence-electron chi connectivity index (χ1n) is 9.38. The molecule has 0 aliphatic heterocycles. The fraction of sp³-hybridized carbons (Fsp3) is 0.227. The van der Waals surface area contributed by atoms with Crippen LogP contribution in [0.4, 0.5) is 5.69 Å². The number of carbonyl (C=O) groups is 1. The van der Waals surface area contributed by atoms with Crippen molar-refractivity contribution >= 4 is 23.4 Å². The molecule has 6 nitrogen and oxygen atoms in total. The second kappa shape index (κ2) is 10.5. The third-order valence-electron chi connectivity index (χ3n) is 3.92. The third-order valence-corrected chi connectivity index (χ3v) is 4.90. The highest BCUT2D eigenvalue weighted by atomic mass is 32.2. The van der Waals surface area contributed by atoms with Crippen molar-refractivity contribution in [3.63, 3.8) is 0 Å². The number of benzene rings is 2. The van der Waals surface area contributed by atoms with Crippen molar-refractivity contribution < 1.29 is 14.3 Å². The monoisotopic (exact) mass is 409 g/mol. The predicted molar refractivity (Wildman–Crippen MR) is 115 cm³/mol. The lowest BCUT2D eigenvalue weighted by molar-refractivity contribution is 0.102. The molecule has 0 fully saturated rings. The largest absolute Gasteiger partial charge is 0.490 e. The van der Waals surface area contributed by atoms with E-state index in [2.05, 4.69) is 15.3 Å². The molecule has 0 spiro atoms. The van der Waals surface area contributed by atoms with Crippen LogP contribution in [0, 0.1) is 0 Å². The summed E-state index contributed by atoms with van der Waals surface area (Å²) in [6, 6.07) is 12.9. The van der Waals surface area contributed by atoms with E-state index in [0.29, 0.717) is 41.7 Å². The number of nitrogens with zero attached hydrogens (tertiary/aromatic N) is 2. The highest BCUT2D eigenvalue weighted by molar-refractivity contribution is 7.98. The molecule has 150 valence electrons. The normalized spacial score (nSPS) is 10.4. The molecule has 7 heteroatoms. The number of nitrogens with one attached hydrogen (secondary N) is 1. The van der Waals surface area contributed by atoms with Crippen LogP contribution in [0.25, 0.3) is 0 Å². The molecular weight excluding hydrogens is 386 g/mol. The Labute approximate surface area is 174 Å². The lowest BCUT2D eigenvalue weighted by Crippen LogP contribution is -2.12. The van der Waals surface area contributed by atoms with Gasteiger partial charge in [-0.25, -0.2) is 4.98 Å². The van der Waals surface area contributed by atoms with Crippen molar-refractivity contribution in [2.24, 2.45) is 0 Å². The summed E-state index contributed by atoms with van der Waals surface area (Å²) >= 11 is 1.58. The minimum atomic E-state index is -0.178. The molecule has 2 aromatic carbocycles. The molecule has 1 N–H and O–H groups in total. The van der Waals surface area contributed by atoms with Gasteiger partial charge in [-0.1, -0.05) is 12.1 Å². The molecule has 0 saturated heterocycles. The molecule has 3 aromatic rings. The molecule has 29 heavy (non-hydrogen) atoms. The topological polar surface area (TPSA) is 73.3 Å². The molecule has 1 heterocycles. The maximum Gasteiger partial charge on any atom is 0.255 e. The number of anilines is 1. The van der Waals surface area contributed by atoms with Crippen LogP contribution in [-0.4, -0.2) is 29.1 Å². The lowest BCUT2D eigenvalue weighted by atomic mass is 10.1. The quantitative estimate of drug-likeness (QED) is 0.511. The van der Waals surface area contributed by atoms with Gasteiger partial charge in [-0.2, -0.15) is 0 Å². The van der Waals surface area contributed by atoms with Gasteiger partial charge in [0.15, 0.2) is 11.5 Å². The van der Waals surface area contributed by atoms with Crippen molar-refractivity contribution in [3.8, 4) is 11.5 Å². The first-order valence-corrected chi connectivity index (χ1v) is 10.4. The Balaban J connectivity index is 1.68. The number of amides is 1. The first kappa shape index (κ1) is 20.7. The van der Waals surface area contributed by atoms with Gasteiger partial charge in [0.05, 0.1) is 19.4 Å². The van der Waals surface area contributed by atoms with E-state index in [1.807, 2.05) is 32.0 Å². The average molecular weight is 410 g/mol. The molecule has 0 radical (unpaired) electrons. The molecule has 3 rings (SSSR count). The van der Waals surface area contributed by atoms with Gasteiger partial charge >= 0.3 is 0 Å². The highest BCUT2D eigenvalue weighted by Crippen LogP contribution is 2.31. The van der Waals surface area contributed by atoms with Gasteiger partial charge in [0.2, 0.25) is 0 Å². The minimum Gasteiger partial charge on any atom is -0.490 e. The SMILES string of the molecule is CCOc1ccc(NC(=O)c2cccc(CSc3cnccn3)c2)cc1OCC. The van der Waals surface area contributed by atoms with Crippen LogP contribution in [-0.2, 0) is 5.75 Å². The molecule has 1 amide bonds. The van der Waals surface area contributed by atoms with Gasteiger partial charge in [0.25, 0.3) is 5.91 Å². The molecule has 1 aromatic heterocycles. The van der Waals surface area contributed by atoms with E-state index in [9.17, 15) is 4.79 Å². The van der Waals surface area contributed by atoms with Crippen LogP contribution in [0.3, 0.4) is 0 Å². The van der Waals surface area contributed by atoms with Gasteiger partial charge in [-0.15, -0.1) is 11.8 Å². The second-order valence-corrected chi connectivity index (χ2v) is 7.01. The summed E-state index contributed by atoms with van der Waals surface area (Å²) in [6.07, 6.45) is 5.04. The number of hydrogen-bond acceptors (Lipinski definition) is 6. The van der Waals surface area contributed by atoms with Crippen molar-refractivity contribution in [1.29, 1.82) is 0 Å². The Kier molecular flexibility index (Phi) is 7.47. The molecule has 0 atom stereocenters. The number of thioether (sulfide) groups is 1. The fourth-order valence-corrected chi connectivity index (χ4v) is 3.42. The van der Waals surface area contributed by atoms with Crippen molar-refractivity contribution in [3.05, 3.63) is 72.2 Å². The second-order valence-electron chi connectivity index (χ2n) is 6.01. The van der Waals surface area contributed by atoms with E-state index in [-0.39, 0.29) is 5.91 Å². The average Bonchev–Trinajstić information content (AvgIpc) is 2.75. The summed E-state index contributed by atoms with van der Waals surface area (Å²) in [6.45, 7) is 4.89. The summed E-state index contributed by atoms with van der Waals surface area (Å²) in [5.41, 5.74) is 2.28. The number of ether oxygens (including phenoxy) is 2. The van der Waals surface area contributed by atoms with E-state index >= 15 is 0 Å². The summed E-state index contributed by atoms with van der Waals surface area (Å²) in [5.74, 6) is 1.80. The van der Waals surface area contributed by atoms with Crippen molar-refractivity contribution in [2.45, 2.75) is 24.6 Å². The Hall–Kier alpha value is -3.06. The number of hydrogen-bond donors (Lipinski definition) is 1. The minimum absolute atomic E-state index is 0.178. The van der Waals surface area contributed by atoms with Gasteiger partial charge in [0.1, 0.15) is 5.03 Å². The number of aromatic nitrogens is 2. The van der Waals surface area contributed by atoms with Gasteiger partial charge in [0, 0.05) is 35.5 Å². The molecule has 0 saturated carbocycles. The Bertz CT molecular complexity index is 951. The maximum absolute atomic E-state index is 12.7. The van der Waals surface area contributed by atoms with E-state index in [0.717, 1.165) is 10.6 Å².